The predicted molar refractivity (Wildman–Crippen MR) is 139 cm³/mol. The Morgan fingerprint density at radius 1 is 1.11 bits per heavy atom. The number of nitrogens with one attached hydrogen (secondary N) is 2. The molecule has 2 aromatic carbocycles. The molecule has 0 unspecified atom stereocenters. The number of ether oxygens (including phenoxy) is 1. The molecule has 0 bridgehead atoms. The van der Waals surface area contributed by atoms with E-state index in [-0.39, 0.29) is 30.2 Å². The molecule has 2 N–H and O–H groups in total. The summed E-state index contributed by atoms with van der Waals surface area (Å²) in [6, 6.07) is 11.9. The zero-order valence-electron chi connectivity index (χ0n) is 20.5. The number of benzene rings is 2. The van der Waals surface area contributed by atoms with Crippen molar-refractivity contribution in [1.29, 1.82) is 0 Å². The molecule has 0 saturated heterocycles. The van der Waals surface area contributed by atoms with E-state index in [9.17, 15) is 14.4 Å². The molecule has 9 nitrogen and oxygen atoms in total. The number of carbonyl (C=O) groups excluding carboxylic acids is 3. The zero-order chi connectivity index (χ0) is 26.2. The first-order valence-electron chi connectivity index (χ1n) is 11.4. The van der Waals surface area contributed by atoms with Crippen LogP contribution in [0.5, 0.6) is 0 Å². The Labute approximate surface area is 219 Å². The number of aryl methyl sites for hydroxylation is 1. The highest BCUT2D eigenvalue weighted by atomic mass is 35.5. The van der Waals surface area contributed by atoms with Crippen LogP contribution in [0.15, 0.2) is 47.6 Å². The second-order valence-electron chi connectivity index (χ2n) is 8.18. The quantitative estimate of drug-likeness (QED) is 0.294. The third-order valence-corrected chi connectivity index (χ3v) is 6.24. The Bertz CT molecular complexity index is 1260. The van der Waals surface area contributed by atoms with Crippen LogP contribution in [-0.2, 0) is 22.6 Å². The highest BCUT2D eigenvalue weighted by Crippen LogP contribution is 2.25. The molecule has 0 saturated carbocycles. The molecule has 0 spiro atoms. The van der Waals surface area contributed by atoms with Crippen LogP contribution < -0.4 is 10.6 Å². The molecule has 0 aliphatic rings. The first-order valence-corrected chi connectivity index (χ1v) is 12.7. The molecule has 1 heterocycles. The molecule has 11 heteroatoms. The number of halogens is 1. The number of hydrogen-bond donors (Lipinski definition) is 2. The fraction of sp³-hybridized carbons (Fsp3) is 0.320. The van der Waals surface area contributed by atoms with Gasteiger partial charge >= 0.3 is 5.97 Å². The Morgan fingerprint density at radius 2 is 1.89 bits per heavy atom. The van der Waals surface area contributed by atoms with Gasteiger partial charge in [-0.3, -0.25) is 9.59 Å². The van der Waals surface area contributed by atoms with E-state index < -0.39 is 5.97 Å². The lowest BCUT2D eigenvalue weighted by atomic mass is 10.1. The van der Waals surface area contributed by atoms with Crippen molar-refractivity contribution in [3.8, 4) is 0 Å². The Hall–Kier alpha value is -3.37. The maximum Gasteiger partial charge on any atom is 0.338 e. The fourth-order valence-electron chi connectivity index (χ4n) is 3.27. The van der Waals surface area contributed by atoms with Gasteiger partial charge in [-0.05, 0) is 58.0 Å². The Morgan fingerprint density at radius 3 is 2.58 bits per heavy atom. The Kier molecular flexibility index (Phi) is 9.49. The molecule has 0 aliphatic carbocycles. The van der Waals surface area contributed by atoms with E-state index in [4.69, 9.17) is 16.3 Å². The highest BCUT2D eigenvalue weighted by Gasteiger charge is 2.17. The van der Waals surface area contributed by atoms with Gasteiger partial charge in [-0.2, -0.15) is 0 Å². The summed E-state index contributed by atoms with van der Waals surface area (Å²) in [7, 11) is 0. The normalized spacial score (nSPS) is 10.8. The van der Waals surface area contributed by atoms with Gasteiger partial charge in [0, 0.05) is 12.1 Å². The van der Waals surface area contributed by atoms with Crippen molar-refractivity contribution in [2.24, 2.45) is 0 Å². The van der Waals surface area contributed by atoms with Gasteiger partial charge in [0.25, 0.3) is 5.91 Å². The zero-order valence-corrected chi connectivity index (χ0v) is 22.1. The van der Waals surface area contributed by atoms with E-state index >= 15 is 0 Å². The number of nitrogens with zero attached hydrogens (tertiary/aromatic N) is 3. The predicted octanol–water partition coefficient (Wildman–Crippen LogP) is 4.49. The summed E-state index contributed by atoms with van der Waals surface area (Å²) in [5.74, 6) is -0.388. The van der Waals surface area contributed by atoms with Crippen LogP contribution in [0.1, 0.15) is 52.9 Å². The third kappa shape index (κ3) is 7.32. The lowest BCUT2D eigenvalue weighted by Crippen LogP contribution is -2.25. The lowest BCUT2D eigenvalue weighted by molar-refractivity contribution is -0.113. The minimum Gasteiger partial charge on any atom is -0.459 e. The number of thioether (sulfide) groups is 1. The topological polar surface area (TPSA) is 115 Å². The summed E-state index contributed by atoms with van der Waals surface area (Å²) in [6.45, 7) is 8.14. The van der Waals surface area contributed by atoms with Crippen LogP contribution in [0.2, 0.25) is 5.02 Å². The number of anilines is 1. The van der Waals surface area contributed by atoms with E-state index in [1.807, 2.05) is 36.6 Å². The standard InChI is InChI=1S/C25H28ClN5O4S/c1-5-31-21(13-27-23(33)17-8-6-7-16(4)11-17)29-30-25(31)36-14-22(32)28-20-12-18(9-10-19(20)26)24(34)35-15(2)3/h6-12,15H,5,13-14H2,1-4H3,(H,27,33)(H,28,32). The van der Waals surface area contributed by atoms with E-state index in [1.54, 1.807) is 26.0 Å². The summed E-state index contributed by atoms with van der Waals surface area (Å²) >= 11 is 7.40. The molecule has 0 aliphatic heterocycles. The van der Waals surface area contributed by atoms with Crippen molar-refractivity contribution in [2.75, 3.05) is 11.1 Å². The van der Waals surface area contributed by atoms with Gasteiger partial charge < -0.3 is 19.9 Å². The van der Waals surface area contributed by atoms with Crippen LogP contribution in [0, 0.1) is 6.92 Å². The van der Waals surface area contributed by atoms with Crippen molar-refractivity contribution < 1.29 is 19.1 Å². The van der Waals surface area contributed by atoms with Gasteiger partial charge in [0.2, 0.25) is 5.91 Å². The maximum absolute atomic E-state index is 12.6. The molecular weight excluding hydrogens is 502 g/mol. The smallest absolute Gasteiger partial charge is 0.338 e. The fourth-order valence-corrected chi connectivity index (χ4v) is 4.25. The molecular formula is C25H28ClN5O4S. The molecule has 3 aromatic rings. The first kappa shape index (κ1) is 27.2. The molecule has 190 valence electrons. The molecule has 2 amide bonds. The summed E-state index contributed by atoms with van der Waals surface area (Å²) in [4.78, 5) is 37.2. The third-order valence-electron chi connectivity index (χ3n) is 4.95. The SMILES string of the molecule is CCn1c(CNC(=O)c2cccc(C)c2)nnc1SCC(=O)Nc1cc(C(=O)OC(C)C)ccc1Cl. The lowest BCUT2D eigenvalue weighted by Gasteiger charge is -2.11. The molecule has 0 atom stereocenters. The van der Waals surface area contributed by atoms with Crippen molar-refractivity contribution in [1.82, 2.24) is 20.1 Å². The van der Waals surface area contributed by atoms with Crippen LogP contribution in [0.4, 0.5) is 5.69 Å². The van der Waals surface area contributed by atoms with Crippen molar-refractivity contribution in [2.45, 2.75) is 52.0 Å². The largest absolute Gasteiger partial charge is 0.459 e. The Balaban J connectivity index is 1.59. The average Bonchev–Trinajstić information content (AvgIpc) is 3.23. The number of esters is 1. The highest BCUT2D eigenvalue weighted by molar-refractivity contribution is 7.99. The molecule has 1 aromatic heterocycles. The van der Waals surface area contributed by atoms with Gasteiger partial charge in [0.15, 0.2) is 11.0 Å². The average molecular weight is 530 g/mol. The summed E-state index contributed by atoms with van der Waals surface area (Å²) in [5, 5.41) is 14.8. The molecule has 0 radical (unpaired) electrons. The van der Waals surface area contributed by atoms with Gasteiger partial charge in [-0.25, -0.2) is 4.79 Å². The van der Waals surface area contributed by atoms with Crippen molar-refractivity contribution >= 4 is 46.8 Å². The summed E-state index contributed by atoms with van der Waals surface area (Å²) < 4.78 is 7.03. The summed E-state index contributed by atoms with van der Waals surface area (Å²) in [5.41, 5.74) is 2.18. The molecule has 0 fully saturated rings. The molecule has 36 heavy (non-hydrogen) atoms. The van der Waals surface area contributed by atoms with E-state index in [1.165, 1.54) is 23.9 Å². The number of aromatic nitrogens is 3. The van der Waals surface area contributed by atoms with Crippen LogP contribution in [0.3, 0.4) is 0 Å². The minimum atomic E-state index is -0.496. The number of rotatable bonds is 10. The minimum absolute atomic E-state index is 0.0464. The van der Waals surface area contributed by atoms with E-state index in [0.717, 1.165) is 5.56 Å². The van der Waals surface area contributed by atoms with E-state index in [2.05, 4.69) is 20.8 Å². The van der Waals surface area contributed by atoms with Gasteiger partial charge in [0.1, 0.15) is 0 Å². The number of amides is 2. The molecule has 3 rings (SSSR count). The van der Waals surface area contributed by atoms with Gasteiger partial charge in [-0.15, -0.1) is 10.2 Å². The van der Waals surface area contributed by atoms with Crippen molar-refractivity contribution in [3.63, 3.8) is 0 Å². The van der Waals surface area contributed by atoms with Crippen LogP contribution in [0.25, 0.3) is 0 Å². The van der Waals surface area contributed by atoms with Crippen molar-refractivity contribution in [3.05, 3.63) is 70.0 Å². The van der Waals surface area contributed by atoms with Crippen LogP contribution in [-0.4, -0.2) is 44.4 Å². The second kappa shape index (κ2) is 12.5. The van der Waals surface area contributed by atoms with E-state index in [0.29, 0.717) is 39.4 Å². The maximum atomic E-state index is 12.6. The van der Waals surface area contributed by atoms with Gasteiger partial charge in [0.05, 0.1) is 34.7 Å². The van der Waals surface area contributed by atoms with Gasteiger partial charge in [-0.1, -0.05) is 41.1 Å². The number of hydrogen-bond acceptors (Lipinski definition) is 7. The number of carbonyl (C=O) groups is 3. The first-order chi connectivity index (χ1) is 17.2. The monoisotopic (exact) mass is 529 g/mol. The summed E-state index contributed by atoms with van der Waals surface area (Å²) in [6.07, 6.45) is -0.265. The van der Waals surface area contributed by atoms with Crippen LogP contribution >= 0.6 is 23.4 Å². The second-order valence-corrected chi connectivity index (χ2v) is 9.53.